The van der Waals surface area contributed by atoms with E-state index in [2.05, 4.69) is 44.6 Å². The number of hydrogen-bond acceptors (Lipinski definition) is 3. The zero-order chi connectivity index (χ0) is 26.1. The second-order valence-corrected chi connectivity index (χ2v) is 10.1. The molecule has 1 fully saturated rings. The van der Waals surface area contributed by atoms with E-state index < -0.39 is 0 Å². The van der Waals surface area contributed by atoms with Gasteiger partial charge in [-0.15, -0.1) is 0 Å². The van der Waals surface area contributed by atoms with Crippen LogP contribution in [0.25, 0.3) is 28.0 Å². The number of H-pyrrole nitrogens is 1. The van der Waals surface area contributed by atoms with Crippen molar-refractivity contribution in [3.63, 3.8) is 0 Å². The molecule has 4 aromatic rings. The summed E-state index contributed by atoms with van der Waals surface area (Å²) in [6, 6.07) is 19.2. The lowest BCUT2D eigenvalue weighted by Gasteiger charge is -2.28. The molecule has 0 bridgehead atoms. The van der Waals surface area contributed by atoms with Gasteiger partial charge in [0.2, 0.25) is 0 Å². The Kier molecular flexibility index (Phi) is 6.64. The van der Waals surface area contributed by atoms with Crippen LogP contribution in [0, 0.1) is 5.82 Å². The number of amides is 1. The first-order valence-electron chi connectivity index (χ1n) is 13.3. The number of aromatic amines is 1. The largest absolute Gasteiger partial charge is 0.360 e. The van der Waals surface area contributed by atoms with E-state index >= 15 is 0 Å². The van der Waals surface area contributed by atoms with Crippen molar-refractivity contribution >= 4 is 11.5 Å². The van der Waals surface area contributed by atoms with E-state index in [1.165, 1.54) is 28.8 Å². The number of aromatic nitrogens is 2. The highest BCUT2D eigenvalue weighted by Gasteiger charge is 2.34. The average molecular weight is 507 g/mol. The van der Waals surface area contributed by atoms with Crippen molar-refractivity contribution in [2.24, 2.45) is 0 Å². The van der Waals surface area contributed by atoms with Crippen molar-refractivity contribution in [3.8, 4) is 22.4 Å². The SMILES string of the molecule is CCNC(=O)c1ccc(C2CC3C=C(c4c[nH]c(-c5ccc(F)cc5)c4-c4ccncc4)CCN3C2)cc1. The van der Waals surface area contributed by atoms with Crippen LogP contribution in [0.4, 0.5) is 4.39 Å². The van der Waals surface area contributed by atoms with Crippen molar-refractivity contribution in [3.05, 3.63) is 108 Å². The zero-order valence-electron chi connectivity index (χ0n) is 21.5. The molecule has 0 spiro atoms. The Labute approximate surface area is 222 Å². The molecule has 2 unspecified atom stereocenters. The van der Waals surface area contributed by atoms with Crippen LogP contribution >= 0.6 is 0 Å². The van der Waals surface area contributed by atoms with Crippen molar-refractivity contribution in [1.82, 2.24) is 20.2 Å². The number of fused-ring (bicyclic) bond motifs is 1. The van der Waals surface area contributed by atoms with Gasteiger partial charge in [-0.1, -0.05) is 18.2 Å². The van der Waals surface area contributed by atoms with E-state index in [1.54, 1.807) is 0 Å². The van der Waals surface area contributed by atoms with E-state index in [0.29, 0.717) is 24.1 Å². The van der Waals surface area contributed by atoms with E-state index in [9.17, 15) is 9.18 Å². The van der Waals surface area contributed by atoms with Crippen LogP contribution in [0.3, 0.4) is 0 Å². The second kappa shape index (κ2) is 10.4. The molecule has 0 radical (unpaired) electrons. The van der Waals surface area contributed by atoms with Gasteiger partial charge in [-0.2, -0.15) is 0 Å². The number of halogens is 1. The van der Waals surface area contributed by atoms with Crippen LogP contribution < -0.4 is 5.32 Å². The molecule has 2 aromatic carbocycles. The predicted octanol–water partition coefficient (Wildman–Crippen LogP) is 6.28. The monoisotopic (exact) mass is 506 g/mol. The predicted molar refractivity (Wildman–Crippen MR) is 149 cm³/mol. The van der Waals surface area contributed by atoms with E-state index in [-0.39, 0.29) is 11.7 Å². The van der Waals surface area contributed by atoms with Gasteiger partial charge in [0.15, 0.2) is 0 Å². The highest BCUT2D eigenvalue weighted by molar-refractivity contribution is 5.94. The minimum absolute atomic E-state index is 0.0213. The third kappa shape index (κ3) is 4.68. The number of nitrogens with zero attached hydrogens (tertiary/aromatic N) is 2. The third-order valence-electron chi connectivity index (χ3n) is 7.82. The molecule has 5 nitrogen and oxygen atoms in total. The summed E-state index contributed by atoms with van der Waals surface area (Å²) in [5.74, 6) is 0.183. The van der Waals surface area contributed by atoms with Gasteiger partial charge in [0.25, 0.3) is 5.91 Å². The Hall–Kier alpha value is -4.03. The Morgan fingerprint density at radius 2 is 1.82 bits per heavy atom. The quantitative estimate of drug-likeness (QED) is 0.324. The molecular weight excluding hydrogens is 475 g/mol. The summed E-state index contributed by atoms with van der Waals surface area (Å²) >= 11 is 0. The molecule has 6 heteroatoms. The maximum absolute atomic E-state index is 13.6. The minimum atomic E-state index is -0.240. The number of nitrogens with one attached hydrogen (secondary N) is 2. The molecule has 2 aromatic heterocycles. The number of carbonyl (C=O) groups excluding carboxylic acids is 1. The van der Waals surface area contributed by atoms with Crippen LogP contribution in [0.15, 0.2) is 85.3 Å². The van der Waals surface area contributed by atoms with Gasteiger partial charge in [0.05, 0.1) is 5.69 Å². The lowest BCUT2D eigenvalue weighted by Crippen LogP contribution is -2.32. The molecule has 2 N–H and O–H groups in total. The summed E-state index contributed by atoms with van der Waals surface area (Å²) in [5.41, 5.74) is 8.72. The lowest BCUT2D eigenvalue weighted by atomic mass is 9.90. The van der Waals surface area contributed by atoms with Crippen molar-refractivity contribution in [2.45, 2.75) is 31.7 Å². The molecule has 6 rings (SSSR count). The number of rotatable bonds is 6. The number of benzene rings is 2. The molecule has 38 heavy (non-hydrogen) atoms. The van der Waals surface area contributed by atoms with E-state index in [4.69, 9.17) is 0 Å². The molecule has 1 saturated heterocycles. The number of pyridine rings is 1. The minimum Gasteiger partial charge on any atom is -0.360 e. The fourth-order valence-corrected chi connectivity index (χ4v) is 5.92. The number of carbonyl (C=O) groups is 1. The molecule has 2 aliphatic heterocycles. The molecular formula is C32H31FN4O. The molecule has 4 heterocycles. The van der Waals surface area contributed by atoms with Gasteiger partial charge in [-0.25, -0.2) is 4.39 Å². The van der Waals surface area contributed by atoms with E-state index in [1.807, 2.05) is 55.7 Å². The average Bonchev–Trinajstić information content (AvgIpc) is 3.59. The first-order chi connectivity index (χ1) is 18.6. The van der Waals surface area contributed by atoms with Gasteiger partial charge in [0, 0.05) is 61.0 Å². The molecule has 192 valence electrons. The fraction of sp³-hybridized carbons (Fsp3) is 0.250. The molecule has 1 amide bonds. The smallest absolute Gasteiger partial charge is 0.251 e. The van der Waals surface area contributed by atoms with Crippen molar-refractivity contribution in [2.75, 3.05) is 19.6 Å². The first-order valence-corrected chi connectivity index (χ1v) is 13.3. The Morgan fingerprint density at radius 1 is 1.05 bits per heavy atom. The lowest BCUT2D eigenvalue weighted by molar-refractivity contribution is 0.0956. The summed E-state index contributed by atoms with van der Waals surface area (Å²) < 4.78 is 13.6. The Balaban J connectivity index is 1.29. The summed E-state index contributed by atoms with van der Waals surface area (Å²) in [6.45, 7) is 4.60. The van der Waals surface area contributed by atoms with Gasteiger partial charge < -0.3 is 10.3 Å². The van der Waals surface area contributed by atoms with Crippen molar-refractivity contribution in [1.29, 1.82) is 0 Å². The Bertz CT molecular complexity index is 1460. The maximum Gasteiger partial charge on any atom is 0.251 e. The fourth-order valence-electron chi connectivity index (χ4n) is 5.92. The molecule has 2 atom stereocenters. The van der Waals surface area contributed by atoms with Gasteiger partial charge in [0.1, 0.15) is 5.82 Å². The van der Waals surface area contributed by atoms with Gasteiger partial charge in [-0.05, 0) is 96.5 Å². The van der Waals surface area contributed by atoms with Crippen LogP contribution in [-0.4, -0.2) is 46.5 Å². The summed E-state index contributed by atoms with van der Waals surface area (Å²) in [7, 11) is 0. The summed E-state index contributed by atoms with van der Waals surface area (Å²) in [5, 5.41) is 2.87. The third-order valence-corrected chi connectivity index (χ3v) is 7.82. The topological polar surface area (TPSA) is 61.0 Å². The zero-order valence-corrected chi connectivity index (χ0v) is 21.5. The molecule has 0 saturated carbocycles. The maximum atomic E-state index is 13.6. The van der Waals surface area contributed by atoms with Crippen LogP contribution in [-0.2, 0) is 0 Å². The van der Waals surface area contributed by atoms with Crippen LogP contribution in [0.2, 0.25) is 0 Å². The summed E-state index contributed by atoms with van der Waals surface area (Å²) in [4.78, 5) is 22.4. The molecule has 0 aliphatic carbocycles. The van der Waals surface area contributed by atoms with Crippen LogP contribution in [0.5, 0.6) is 0 Å². The second-order valence-electron chi connectivity index (χ2n) is 10.1. The summed E-state index contributed by atoms with van der Waals surface area (Å²) in [6.07, 6.45) is 10.2. The van der Waals surface area contributed by atoms with Crippen molar-refractivity contribution < 1.29 is 9.18 Å². The molecule has 2 aliphatic rings. The highest BCUT2D eigenvalue weighted by atomic mass is 19.1. The van der Waals surface area contributed by atoms with Crippen LogP contribution in [0.1, 0.15) is 47.2 Å². The van der Waals surface area contributed by atoms with Gasteiger partial charge in [-0.3, -0.25) is 14.7 Å². The Morgan fingerprint density at radius 3 is 2.55 bits per heavy atom. The highest BCUT2D eigenvalue weighted by Crippen LogP contribution is 2.42. The first kappa shape index (κ1) is 24.3. The van der Waals surface area contributed by atoms with Gasteiger partial charge >= 0.3 is 0 Å². The standard InChI is InChI=1S/C32H31FN4O/c1-2-35-32(38)24-5-3-21(4-6-24)26-18-28-17-25(13-16-37(28)20-26)29-19-36-31(23-7-9-27(33)10-8-23)30(29)22-11-14-34-15-12-22/h3-12,14-15,17,19,26,28,36H,2,13,16,18,20H2,1H3,(H,35,38). The van der Waals surface area contributed by atoms with E-state index in [0.717, 1.165) is 48.3 Å². The number of hydrogen-bond donors (Lipinski definition) is 2. The normalized spacial score (nSPS) is 19.2.